The second-order valence-electron chi connectivity index (χ2n) is 5.12. The first-order valence-corrected chi connectivity index (χ1v) is 8.62. The molecule has 2 rings (SSSR count). The molecule has 6 heteroatoms. The Bertz CT molecular complexity index is 718. The normalized spacial score (nSPS) is 11.6. The SMILES string of the molecule is COC(=O)c1ccc(CNC(=O)C(C)Sc2cccc(Cl)c2)cc1. The maximum atomic E-state index is 12.2. The fraction of sp³-hybridized carbons (Fsp3) is 0.222. The zero-order valence-electron chi connectivity index (χ0n) is 13.4. The molecule has 0 spiro atoms. The molecule has 0 fully saturated rings. The Morgan fingerprint density at radius 3 is 2.54 bits per heavy atom. The molecule has 1 N–H and O–H groups in total. The fourth-order valence-corrected chi connectivity index (χ4v) is 3.21. The third-order valence-electron chi connectivity index (χ3n) is 3.32. The van der Waals surface area contributed by atoms with Crippen LogP contribution < -0.4 is 5.32 Å². The fourth-order valence-electron chi connectivity index (χ4n) is 2.01. The largest absolute Gasteiger partial charge is 0.465 e. The van der Waals surface area contributed by atoms with Gasteiger partial charge in [-0.2, -0.15) is 0 Å². The number of thioether (sulfide) groups is 1. The molecule has 0 saturated heterocycles. The van der Waals surface area contributed by atoms with Crippen LogP contribution in [0, 0.1) is 0 Å². The van der Waals surface area contributed by atoms with Crippen LogP contribution in [0.5, 0.6) is 0 Å². The van der Waals surface area contributed by atoms with Gasteiger partial charge in [0.25, 0.3) is 0 Å². The van der Waals surface area contributed by atoms with E-state index in [2.05, 4.69) is 10.1 Å². The number of ether oxygens (including phenoxy) is 1. The molecule has 1 amide bonds. The number of rotatable bonds is 6. The van der Waals surface area contributed by atoms with E-state index in [0.717, 1.165) is 10.5 Å². The van der Waals surface area contributed by atoms with Gasteiger partial charge >= 0.3 is 5.97 Å². The zero-order valence-corrected chi connectivity index (χ0v) is 15.0. The second kappa shape index (κ2) is 8.76. The highest BCUT2D eigenvalue weighted by molar-refractivity contribution is 8.00. The Labute approximate surface area is 150 Å². The Kier molecular flexibility index (Phi) is 6.70. The highest BCUT2D eigenvalue weighted by Crippen LogP contribution is 2.25. The van der Waals surface area contributed by atoms with E-state index in [4.69, 9.17) is 11.6 Å². The third-order valence-corrected chi connectivity index (χ3v) is 4.65. The number of amides is 1. The molecule has 0 saturated carbocycles. The van der Waals surface area contributed by atoms with E-state index >= 15 is 0 Å². The van der Waals surface area contributed by atoms with Gasteiger partial charge in [0.2, 0.25) is 5.91 Å². The first kappa shape index (κ1) is 18.4. The Hall–Kier alpha value is -1.98. The minimum atomic E-state index is -0.378. The summed E-state index contributed by atoms with van der Waals surface area (Å²) in [6.45, 7) is 2.25. The number of methoxy groups -OCH3 is 1. The maximum Gasteiger partial charge on any atom is 0.337 e. The summed E-state index contributed by atoms with van der Waals surface area (Å²) in [7, 11) is 1.34. The molecule has 1 unspecified atom stereocenters. The van der Waals surface area contributed by atoms with Crippen LogP contribution in [0.25, 0.3) is 0 Å². The van der Waals surface area contributed by atoms with Gasteiger partial charge in [-0.05, 0) is 42.8 Å². The minimum absolute atomic E-state index is 0.0583. The summed E-state index contributed by atoms with van der Waals surface area (Å²) in [5.74, 6) is -0.436. The molecule has 0 radical (unpaired) electrons. The summed E-state index contributed by atoms with van der Waals surface area (Å²) < 4.78 is 4.65. The van der Waals surface area contributed by atoms with Crippen molar-refractivity contribution in [2.45, 2.75) is 23.6 Å². The molecule has 0 aromatic heterocycles. The van der Waals surface area contributed by atoms with Crippen molar-refractivity contribution in [2.75, 3.05) is 7.11 Å². The van der Waals surface area contributed by atoms with Gasteiger partial charge in [0.05, 0.1) is 17.9 Å². The summed E-state index contributed by atoms with van der Waals surface area (Å²) >= 11 is 7.40. The van der Waals surface area contributed by atoms with Gasteiger partial charge in [0.1, 0.15) is 0 Å². The minimum Gasteiger partial charge on any atom is -0.465 e. The maximum absolute atomic E-state index is 12.2. The highest BCUT2D eigenvalue weighted by Gasteiger charge is 2.14. The standard InChI is InChI=1S/C18H18ClNO3S/c1-12(24-16-5-3-4-15(19)10-16)17(21)20-11-13-6-8-14(9-7-13)18(22)23-2/h3-10,12H,11H2,1-2H3,(H,20,21). The van der Waals surface area contributed by atoms with Crippen molar-refractivity contribution >= 4 is 35.2 Å². The van der Waals surface area contributed by atoms with E-state index in [1.165, 1.54) is 18.9 Å². The average molecular weight is 364 g/mol. The van der Waals surface area contributed by atoms with Crippen LogP contribution in [0.3, 0.4) is 0 Å². The quantitative estimate of drug-likeness (QED) is 0.624. The monoisotopic (exact) mass is 363 g/mol. The molecule has 4 nitrogen and oxygen atoms in total. The molecule has 2 aromatic rings. The summed E-state index contributed by atoms with van der Waals surface area (Å²) in [6.07, 6.45) is 0. The van der Waals surface area contributed by atoms with Crippen LogP contribution >= 0.6 is 23.4 Å². The van der Waals surface area contributed by atoms with Crippen molar-refractivity contribution in [1.82, 2.24) is 5.32 Å². The van der Waals surface area contributed by atoms with Crippen LogP contribution in [0.15, 0.2) is 53.4 Å². The van der Waals surface area contributed by atoms with Crippen LogP contribution in [-0.2, 0) is 16.1 Å². The topological polar surface area (TPSA) is 55.4 Å². The van der Waals surface area contributed by atoms with Gasteiger partial charge in [-0.1, -0.05) is 29.8 Å². The van der Waals surface area contributed by atoms with Gasteiger partial charge in [-0.3, -0.25) is 4.79 Å². The van der Waals surface area contributed by atoms with Crippen LogP contribution in [0.1, 0.15) is 22.8 Å². The van der Waals surface area contributed by atoms with E-state index in [1.54, 1.807) is 30.3 Å². The number of benzene rings is 2. The smallest absolute Gasteiger partial charge is 0.337 e. The molecule has 0 heterocycles. The second-order valence-corrected chi connectivity index (χ2v) is 6.97. The zero-order chi connectivity index (χ0) is 17.5. The molecule has 0 aliphatic carbocycles. The Balaban J connectivity index is 1.87. The number of carbonyl (C=O) groups excluding carboxylic acids is 2. The summed E-state index contributed by atoms with van der Waals surface area (Å²) in [5.41, 5.74) is 1.40. The lowest BCUT2D eigenvalue weighted by molar-refractivity contribution is -0.120. The van der Waals surface area contributed by atoms with Crippen LogP contribution in [0.4, 0.5) is 0 Å². The number of nitrogens with one attached hydrogen (secondary N) is 1. The third kappa shape index (κ3) is 5.28. The van der Waals surface area contributed by atoms with Crippen molar-refractivity contribution in [2.24, 2.45) is 0 Å². The van der Waals surface area contributed by atoms with E-state index in [1.807, 2.05) is 25.1 Å². The van der Waals surface area contributed by atoms with Gasteiger partial charge in [-0.15, -0.1) is 11.8 Å². The molecular formula is C18H18ClNO3S. The van der Waals surface area contributed by atoms with E-state index in [0.29, 0.717) is 17.1 Å². The van der Waals surface area contributed by atoms with E-state index in [9.17, 15) is 9.59 Å². The van der Waals surface area contributed by atoms with Gasteiger partial charge < -0.3 is 10.1 Å². The predicted octanol–water partition coefficient (Wildman–Crippen LogP) is 3.92. The number of carbonyl (C=O) groups is 2. The first-order valence-electron chi connectivity index (χ1n) is 7.37. The number of esters is 1. The summed E-state index contributed by atoms with van der Waals surface area (Å²) in [6, 6.07) is 14.4. The summed E-state index contributed by atoms with van der Waals surface area (Å²) in [4.78, 5) is 24.5. The van der Waals surface area contributed by atoms with E-state index in [-0.39, 0.29) is 17.1 Å². The number of hydrogen-bond donors (Lipinski definition) is 1. The number of halogens is 1. The lowest BCUT2D eigenvalue weighted by atomic mass is 10.1. The van der Waals surface area contributed by atoms with Crippen molar-refractivity contribution in [3.05, 3.63) is 64.7 Å². The van der Waals surface area contributed by atoms with Crippen molar-refractivity contribution < 1.29 is 14.3 Å². The Morgan fingerprint density at radius 2 is 1.92 bits per heavy atom. The number of hydrogen-bond acceptors (Lipinski definition) is 4. The molecule has 2 aromatic carbocycles. The van der Waals surface area contributed by atoms with Crippen molar-refractivity contribution in [3.8, 4) is 0 Å². The van der Waals surface area contributed by atoms with Crippen LogP contribution in [0.2, 0.25) is 5.02 Å². The van der Waals surface area contributed by atoms with Gasteiger partial charge in [0.15, 0.2) is 0 Å². The van der Waals surface area contributed by atoms with Crippen molar-refractivity contribution in [1.29, 1.82) is 0 Å². The van der Waals surface area contributed by atoms with Crippen LogP contribution in [-0.4, -0.2) is 24.2 Å². The molecule has 0 aliphatic rings. The van der Waals surface area contributed by atoms with E-state index < -0.39 is 0 Å². The molecule has 1 atom stereocenters. The van der Waals surface area contributed by atoms with Gasteiger partial charge in [0, 0.05) is 16.5 Å². The lowest BCUT2D eigenvalue weighted by Crippen LogP contribution is -2.30. The predicted molar refractivity (Wildman–Crippen MR) is 96.4 cm³/mol. The summed E-state index contributed by atoms with van der Waals surface area (Å²) in [5, 5.41) is 3.30. The first-order chi connectivity index (χ1) is 11.5. The van der Waals surface area contributed by atoms with Gasteiger partial charge in [-0.25, -0.2) is 4.79 Å². The van der Waals surface area contributed by atoms with Crippen molar-refractivity contribution in [3.63, 3.8) is 0 Å². The molecule has 24 heavy (non-hydrogen) atoms. The molecule has 126 valence electrons. The average Bonchev–Trinajstić information content (AvgIpc) is 2.59. The lowest BCUT2D eigenvalue weighted by Gasteiger charge is -2.12. The molecular weight excluding hydrogens is 346 g/mol. The molecule has 0 aliphatic heterocycles. The highest BCUT2D eigenvalue weighted by atomic mass is 35.5. The molecule has 0 bridgehead atoms. The Morgan fingerprint density at radius 1 is 1.21 bits per heavy atom.